The summed E-state index contributed by atoms with van der Waals surface area (Å²) in [5, 5.41) is 5.83. The Labute approximate surface area is 180 Å². The van der Waals surface area contributed by atoms with E-state index in [1.165, 1.54) is 0 Å². The third-order valence-corrected chi connectivity index (χ3v) is 8.35. The van der Waals surface area contributed by atoms with Crippen LogP contribution >= 0.6 is 0 Å². The third kappa shape index (κ3) is 6.30. The molecule has 6 nitrogen and oxygen atoms in total. The first-order valence-corrected chi connectivity index (χ1v) is 12.9. The highest BCUT2D eigenvalue weighted by Gasteiger charge is 2.33. The lowest BCUT2D eigenvalue weighted by Crippen LogP contribution is -2.52. The zero-order valence-electron chi connectivity index (χ0n) is 18.0. The van der Waals surface area contributed by atoms with Gasteiger partial charge in [-0.2, -0.15) is 0 Å². The molecule has 1 aliphatic heterocycles. The summed E-state index contributed by atoms with van der Waals surface area (Å²) in [7, 11) is -3.08. The smallest absolute Gasteiger partial charge is 0.243 e. The van der Waals surface area contributed by atoms with E-state index < -0.39 is 15.9 Å². The van der Waals surface area contributed by atoms with Gasteiger partial charge >= 0.3 is 0 Å². The lowest BCUT2D eigenvalue weighted by atomic mass is 9.76. The molecule has 7 heteroatoms. The average molecular weight is 435 g/mol. The standard InChI is InChI=1S/C23H34N2O4S/c1-16(2)18-8-10-19(11-9-18)22(26)25-21(14-17-6-4-3-5-7-17)23(27)24-20-12-13-30(28,29)15-20/h3-7,16,18-21H,8-15H2,1-2H3,(H,24,27)(H,25,26)/t18?,19?,20-,21+/m0/s1. The SMILES string of the molecule is CC(C)C1CCC(C(=O)N[C@H](Cc2ccccc2)C(=O)N[C@H]2CCS(=O)(=O)C2)CC1. The molecule has 30 heavy (non-hydrogen) atoms. The highest BCUT2D eigenvalue weighted by atomic mass is 32.2. The molecule has 3 rings (SSSR count). The van der Waals surface area contributed by atoms with Crippen molar-refractivity contribution in [2.24, 2.45) is 17.8 Å². The van der Waals surface area contributed by atoms with Gasteiger partial charge in [0.05, 0.1) is 11.5 Å². The van der Waals surface area contributed by atoms with Crippen LogP contribution in [0.2, 0.25) is 0 Å². The molecule has 1 aromatic rings. The van der Waals surface area contributed by atoms with Gasteiger partial charge in [0.1, 0.15) is 6.04 Å². The van der Waals surface area contributed by atoms with Crippen molar-refractivity contribution in [3.63, 3.8) is 0 Å². The van der Waals surface area contributed by atoms with Gasteiger partial charge < -0.3 is 10.6 Å². The summed E-state index contributed by atoms with van der Waals surface area (Å²) in [5.41, 5.74) is 0.959. The van der Waals surface area contributed by atoms with Crippen molar-refractivity contribution >= 4 is 21.7 Å². The van der Waals surface area contributed by atoms with Crippen LogP contribution in [0.5, 0.6) is 0 Å². The molecular weight excluding hydrogens is 400 g/mol. The second kappa shape index (κ2) is 9.94. The average Bonchev–Trinajstić information content (AvgIpc) is 3.06. The highest BCUT2D eigenvalue weighted by Crippen LogP contribution is 2.33. The summed E-state index contributed by atoms with van der Waals surface area (Å²) < 4.78 is 23.4. The van der Waals surface area contributed by atoms with E-state index in [0.717, 1.165) is 31.2 Å². The zero-order chi connectivity index (χ0) is 21.7. The molecule has 1 saturated carbocycles. The van der Waals surface area contributed by atoms with Gasteiger partial charge in [0.2, 0.25) is 11.8 Å². The molecular formula is C23H34N2O4S. The van der Waals surface area contributed by atoms with E-state index in [2.05, 4.69) is 24.5 Å². The van der Waals surface area contributed by atoms with Crippen molar-refractivity contribution < 1.29 is 18.0 Å². The van der Waals surface area contributed by atoms with Crippen LogP contribution < -0.4 is 10.6 Å². The Balaban J connectivity index is 1.63. The normalized spacial score (nSPS) is 26.8. The van der Waals surface area contributed by atoms with Crippen LogP contribution in [0.15, 0.2) is 30.3 Å². The van der Waals surface area contributed by atoms with E-state index in [0.29, 0.717) is 24.7 Å². The fourth-order valence-electron chi connectivity index (χ4n) is 4.61. The van der Waals surface area contributed by atoms with Crippen LogP contribution in [0, 0.1) is 17.8 Å². The highest BCUT2D eigenvalue weighted by molar-refractivity contribution is 7.91. The number of carbonyl (C=O) groups excluding carboxylic acids is 2. The molecule has 2 N–H and O–H groups in total. The van der Waals surface area contributed by atoms with Crippen LogP contribution in [-0.4, -0.2) is 43.8 Å². The first kappa shape index (κ1) is 22.8. The second-order valence-electron chi connectivity index (χ2n) is 9.22. The number of amides is 2. The van der Waals surface area contributed by atoms with Crippen molar-refractivity contribution in [2.75, 3.05) is 11.5 Å². The van der Waals surface area contributed by atoms with Gasteiger partial charge in [-0.1, -0.05) is 44.2 Å². The van der Waals surface area contributed by atoms with E-state index in [1.807, 2.05) is 30.3 Å². The van der Waals surface area contributed by atoms with Gasteiger partial charge in [-0.3, -0.25) is 9.59 Å². The van der Waals surface area contributed by atoms with Gasteiger partial charge in [0, 0.05) is 18.4 Å². The fourth-order valence-corrected chi connectivity index (χ4v) is 6.28. The molecule has 0 bridgehead atoms. The number of benzene rings is 1. The van der Waals surface area contributed by atoms with Crippen molar-refractivity contribution in [1.82, 2.24) is 10.6 Å². The first-order chi connectivity index (χ1) is 14.2. The van der Waals surface area contributed by atoms with E-state index >= 15 is 0 Å². The Morgan fingerprint density at radius 3 is 2.27 bits per heavy atom. The van der Waals surface area contributed by atoms with Crippen LogP contribution in [0.4, 0.5) is 0 Å². The summed E-state index contributed by atoms with van der Waals surface area (Å²) >= 11 is 0. The molecule has 1 saturated heterocycles. The molecule has 1 aliphatic carbocycles. The third-order valence-electron chi connectivity index (χ3n) is 6.58. The number of hydrogen-bond acceptors (Lipinski definition) is 4. The summed E-state index contributed by atoms with van der Waals surface area (Å²) in [6, 6.07) is 8.50. The fraction of sp³-hybridized carbons (Fsp3) is 0.652. The van der Waals surface area contributed by atoms with E-state index in [1.54, 1.807) is 0 Å². The Hall–Kier alpha value is -1.89. The maximum Gasteiger partial charge on any atom is 0.243 e. The molecule has 166 valence electrons. The minimum Gasteiger partial charge on any atom is -0.351 e. The Morgan fingerprint density at radius 2 is 1.70 bits per heavy atom. The van der Waals surface area contributed by atoms with Crippen molar-refractivity contribution in [2.45, 2.75) is 64.5 Å². The van der Waals surface area contributed by atoms with Gasteiger partial charge in [-0.05, 0) is 49.5 Å². The maximum atomic E-state index is 13.0. The predicted octanol–water partition coefficient (Wildman–Crippen LogP) is 2.48. The topological polar surface area (TPSA) is 92.3 Å². The van der Waals surface area contributed by atoms with Gasteiger partial charge in [0.25, 0.3) is 0 Å². The molecule has 1 heterocycles. The molecule has 0 unspecified atom stereocenters. The first-order valence-electron chi connectivity index (χ1n) is 11.1. The minimum atomic E-state index is -3.08. The predicted molar refractivity (Wildman–Crippen MR) is 118 cm³/mol. The molecule has 2 aliphatic rings. The Morgan fingerprint density at radius 1 is 1.03 bits per heavy atom. The van der Waals surface area contributed by atoms with Crippen molar-refractivity contribution in [1.29, 1.82) is 0 Å². The minimum absolute atomic E-state index is 0.0239. The summed E-state index contributed by atoms with van der Waals surface area (Å²) in [4.78, 5) is 25.9. The molecule has 2 fully saturated rings. The van der Waals surface area contributed by atoms with E-state index in [-0.39, 0.29) is 35.3 Å². The van der Waals surface area contributed by atoms with Crippen LogP contribution in [0.3, 0.4) is 0 Å². The van der Waals surface area contributed by atoms with Crippen LogP contribution in [0.25, 0.3) is 0 Å². The molecule has 0 radical (unpaired) electrons. The van der Waals surface area contributed by atoms with Gasteiger partial charge in [-0.25, -0.2) is 8.42 Å². The monoisotopic (exact) mass is 434 g/mol. The summed E-state index contributed by atoms with van der Waals surface area (Å²) in [5.74, 6) is 0.960. The number of rotatable bonds is 7. The van der Waals surface area contributed by atoms with Crippen LogP contribution in [0.1, 0.15) is 51.5 Å². The molecule has 1 aromatic carbocycles. The van der Waals surface area contributed by atoms with Crippen LogP contribution in [-0.2, 0) is 25.8 Å². The quantitative estimate of drug-likeness (QED) is 0.690. The molecule has 2 amide bonds. The molecule has 0 spiro atoms. The number of carbonyl (C=O) groups is 2. The summed E-state index contributed by atoms with van der Waals surface area (Å²) in [6.07, 6.45) is 4.62. The maximum absolute atomic E-state index is 13.0. The number of sulfone groups is 1. The second-order valence-corrected chi connectivity index (χ2v) is 11.4. The Bertz CT molecular complexity index is 830. The van der Waals surface area contributed by atoms with E-state index in [4.69, 9.17) is 0 Å². The number of nitrogens with one attached hydrogen (secondary N) is 2. The molecule has 0 aromatic heterocycles. The Kier molecular flexibility index (Phi) is 7.55. The largest absolute Gasteiger partial charge is 0.351 e. The lowest BCUT2D eigenvalue weighted by Gasteiger charge is -2.31. The van der Waals surface area contributed by atoms with Crippen molar-refractivity contribution in [3.8, 4) is 0 Å². The number of hydrogen-bond donors (Lipinski definition) is 2. The van der Waals surface area contributed by atoms with Crippen molar-refractivity contribution in [3.05, 3.63) is 35.9 Å². The van der Waals surface area contributed by atoms with Gasteiger partial charge in [-0.15, -0.1) is 0 Å². The lowest BCUT2D eigenvalue weighted by molar-refractivity contribution is -0.132. The summed E-state index contributed by atoms with van der Waals surface area (Å²) in [6.45, 7) is 4.46. The molecule has 2 atom stereocenters. The van der Waals surface area contributed by atoms with E-state index in [9.17, 15) is 18.0 Å². The van der Waals surface area contributed by atoms with Gasteiger partial charge in [0.15, 0.2) is 9.84 Å². The zero-order valence-corrected chi connectivity index (χ0v) is 18.8.